The molecule has 1 rings (SSSR count). The third-order valence-electron chi connectivity index (χ3n) is 1.58. The number of rotatable bonds is 3. The van der Waals surface area contributed by atoms with Crippen LogP contribution in [0.15, 0.2) is 30.3 Å². The molecule has 1 aromatic carbocycles. The average Bonchev–Trinajstić information content (AvgIpc) is 2.06. The topological polar surface area (TPSA) is 46.2 Å². The van der Waals surface area contributed by atoms with E-state index in [1.165, 1.54) is 5.56 Å². The predicted octanol–water partition coefficient (Wildman–Crippen LogP) is 0.546. The summed E-state index contributed by atoms with van der Waals surface area (Å²) < 4.78 is 0. The summed E-state index contributed by atoms with van der Waals surface area (Å²) in [5.74, 6) is 0. The molecule has 3 heteroatoms. The molecule has 1 atom stereocenters. The molecule has 0 heterocycles. The molecule has 0 spiro atoms. The maximum Gasteiger partial charge on any atom is 0.0585 e. The minimum Gasteiger partial charge on any atom is -0.395 e. The molecular weight excluding hydrogens is 197 g/mol. The van der Waals surface area contributed by atoms with Gasteiger partial charge in [-0.2, -0.15) is 0 Å². The second kappa shape index (κ2) is 6.18. The van der Waals surface area contributed by atoms with E-state index < -0.39 is 0 Å². The summed E-state index contributed by atoms with van der Waals surface area (Å²) in [6.07, 6.45) is 0.747. The van der Waals surface area contributed by atoms with Crippen molar-refractivity contribution in [2.24, 2.45) is 5.73 Å². The second-order valence-electron chi connectivity index (χ2n) is 2.63. The van der Waals surface area contributed by atoms with Gasteiger partial charge in [-0.3, -0.25) is 0 Å². The van der Waals surface area contributed by atoms with E-state index in [1.807, 2.05) is 30.3 Å². The van der Waals surface area contributed by atoms with E-state index in [-0.39, 0.29) is 29.1 Å². The molecule has 0 radical (unpaired) electrons. The van der Waals surface area contributed by atoms with E-state index in [1.54, 1.807) is 0 Å². The van der Waals surface area contributed by atoms with Crippen LogP contribution in [-0.2, 0) is 22.9 Å². The van der Waals surface area contributed by atoms with Crippen molar-refractivity contribution in [3.8, 4) is 0 Å². The number of aliphatic hydroxyl groups excluding tert-OH is 1. The van der Waals surface area contributed by atoms with Gasteiger partial charge in [0.25, 0.3) is 0 Å². The van der Waals surface area contributed by atoms with Gasteiger partial charge in [-0.05, 0) is 12.0 Å². The number of aliphatic hydroxyl groups is 1. The van der Waals surface area contributed by atoms with E-state index in [0.717, 1.165) is 6.42 Å². The quantitative estimate of drug-likeness (QED) is 0.715. The van der Waals surface area contributed by atoms with Crippen molar-refractivity contribution in [1.29, 1.82) is 0 Å². The first-order valence-electron chi connectivity index (χ1n) is 3.73. The monoisotopic (exact) mass is 209 g/mol. The summed E-state index contributed by atoms with van der Waals surface area (Å²) in [6, 6.07) is 9.80. The van der Waals surface area contributed by atoms with Crippen LogP contribution in [0.1, 0.15) is 5.56 Å². The van der Waals surface area contributed by atoms with Crippen molar-refractivity contribution >= 4 is 0 Å². The zero-order valence-corrected chi connectivity index (χ0v) is 7.71. The zero-order valence-electron chi connectivity index (χ0n) is 6.72. The predicted molar refractivity (Wildman–Crippen MR) is 45.2 cm³/mol. The second-order valence-corrected chi connectivity index (χ2v) is 2.63. The van der Waals surface area contributed by atoms with Crippen molar-refractivity contribution in [3.05, 3.63) is 35.9 Å². The molecule has 0 saturated heterocycles. The molecule has 70 valence electrons. The summed E-state index contributed by atoms with van der Waals surface area (Å²) in [7, 11) is 0. The number of nitrogens with two attached hydrogens (primary N) is 1. The summed E-state index contributed by atoms with van der Waals surface area (Å²) in [6.45, 7) is 0.0505. The van der Waals surface area contributed by atoms with Gasteiger partial charge in [-0.15, -0.1) is 0 Å². The van der Waals surface area contributed by atoms with Crippen LogP contribution in [0.2, 0.25) is 0 Å². The van der Waals surface area contributed by atoms with Gasteiger partial charge in [-0.25, -0.2) is 0 Å². The first-order valence-corrected chi connectivity index (χ1v) is 3.73. The Morgan fingerprint density at radius 3 is 2.33 bits per heavy atom. The first-order chi connectivity index (χ1) is 5.33. The van der Waals surface area contributed by atoms with Crippen molar-refractivity contribution in [1.82, 2.24) is 0 Å². The Balaban J connectivity index is 0.00000121. The van der Waals surface area contributed by atoms with E-state index in [2.05, 4.69) is 0 Å². The Kier molecular flexibility index (Phi) is 5.99. The molecule has 0 aliphatic rings. The largest absolute Gasteiger partial charge is 0.395 e. The van der Waals surface area contributed by atoms with Crippen LogP contribution < -0.4 is 5.73 Å². The third-order valence-corrected chi connectivity index (χ3v) is 1.58. The summed E-state index contributed by atoms with van der Waals surface area (Å²) in [4.78, 5) is 0. The van der Waals surface area contributed by atoms with Crippen LogP contribution in [0.5, 0.6) is 0 Å². The standard InChI is InChI=1S/C9H13NO.Ni/c10-9(7-11)6-8-4-2-1-3-5-8;/h1-5,9,11H,6-7,10H2;. The fourth-order valence-corrected chi connectivity index (χ4v) is 0.981. The van der Waals surface area contributed by atoms with Crippen LogP contribution in [-0.4, -0.2) is 17.8 Å². The van der Waals surface area contributed by atoms with Gasteiger partial charge in [0.15, 0.2) is 0 Å². The molecular formula is C9H13NNiO. The molecule has 0 aliphatic carbocycles. The van der Waals surface area contributed by atoms with Gasteiger partial charge in [-0.1, -0.05) is 30.3 Å². The molecule has 0 aromatic heterocycles. The van der Waals surface area contributed by atoms with Crippen LogP contribution in [0.4, 0.5) is 0 Å². The van der Waals surface area contributed by atoms with Crippen LogP contribution >= 0.6 is 0 Å². The molecule has 3 N–H and O–H groups in total. The molecule has 0 aliphatic heterocycles. The van der Waals surface area contributed by atoms with Crippen molar-refractivity contribution in [2.45, 2.75) is 12.5 Å². The van der Waals surface area contributed by atoms with Crippen LogP contribution in [0.3, 0.4) is 0 Å². The average molecular weight is 210 g/mol. The Morgan fingerprint density at radius 1 is 1.25 bits per heavy atom. The van der Waals surface area contributed by atoms with Crippen LogP contribution in [0.25, 0.3) is 0 Å². The van der Waals surface area contributed by atoms with Gasteiger partial charge >= 0.3 is 0 Å². The number of hydrogen-bond acceptors (Lipinski definition) is 2. The molecule has 1 unspecified atom stereocenters. The van der Waals surface area contributed by atoms with Gasteiger partial charge in [0.2, 0.25) is 0 Å². The molecule has 0 amide bonds. The minimum absolute atomic E-state index is 0. The maximum atomic E-state index is 8.67. The smallest absolute Gasteiger partial charge is 0.0585 e. The van der Waals surface area contributed by atoms with E-state index in [4.69, 9.17) is 10.8 Å². The number of hydrogen-bond donors (Lipinski definition) is 2. The Bertz CT molecular complexity index is 203. The van der Waals surface area contributed by atoms with Crippen molar-refractivity contribution < 1.29 is 21.6 Å². The van der Waals surface area contributed by atoms with E-state index in [9.17, 15) is 0 Å². The Morgan fingerprint density at radius 2 is 1.83 bits per heavy atom. The fraction of sp³-hybridized carbons (Fsp3) is 0.333. The third kappa shape index (κ3) is 3.86. The van der Waals surface area contributed by atoms with E-state index >= 15 is 0 Å². The maximum absolute atomic E-state index is 8.67. The van der Waals surface area contributed by atoms with Gasteiger partial charge in [0.05, 0.1) is 6.61 Å². The normalized spacial score (nSPS) is 11.8. The first kappa shape index (κ1) is 11.6. The fourth-order valence-electron chi connectivity index (χ4n) is 0.981. The summed E-state index contributed by atoms with van der Waals surface area (Å²) >= 11 is 0. The Hall–Kier alpha value is -0.366. The molecule has 0 saturated carbocycles. The van der Waals surface area contributed by atoms with Gasteiger partial charge < -0.3 is 10.8 Å². The summed E-state index contributed by atoms with van der Waals surface area (Å²) in [5.41, 5.74) is 6.73. The minimum atomic E-state index is -0.127. The summed E-state index contributed by atoms with van der Waals surface area (Å²) in [5, 5.41) is 8.67. The van der Waals surface area contributed by atoms with Crippen LogP contribution in [0, 0.1) is 0 Å². The van der Waals surface area contributed by atoms with E-state index in [0.29, 0.717) is 0 Å². The SMILES string of the molecule is NC(CO)Cc1ccccc1.[Ni]. The van der Waals surface area contributed by atoms with Crippen molar-refractivity contribution in [3.63, 3.8) is 0 Å². The van der Waals surface area contributed by atoms with Gasteiger partial charge in [0.1, 0.15) is 0 Å². The van der Waals surface area contributed by atoms with Gasteiger partial charge in [0, 0.05) is 22.5 Å². The zero-order chi connectivity index (χ0) is 8.10. The molecule has 0 fully saturated rings. The number of benzene rings is 1. The Labute approximate surface area is 82.7 Å². The van der Waals surface area contributed by atoms with Crippen molar-refractivity contribution in [2.75, 3.05) is 6.61 Å². The molecule has 0 bridgehead atoms. The molecule has 1 aromatic rings. The molecule has 12 heavy (non-hydrogen) atoms. The molecule has 2 nitrogen and oxygen atoms in total.